The van der Waals surface area contributed by atoms with Gasteiger partial charge >= 0.3 is 180 Å². The molecule has 1 atom stereocenters. The molecule has 1 heterocycles. The summed E-state index contributed by atoms with van der Waals surface area (Å²) in [7, 11) is 0. The van der Waals surface area contributed by atoms with Gasteiger partial charge in [0.1, 0.15) is 0 Å². The summed E-state index contributed by atoms with van der Waals surface area (Å²) >= 11 is 3.22. The molecule has 0 aliphatic carbocycles. The fourth-order valence-electron chi connectivity index (χ4n) is 2.54. The second-order valence-electron chi connectivity index (χ2n) is 5.28. The standard InChI is InChI=1S/C16H21NO.5CO.Cr/c1-4-5-9-12-17-15(13-18-16(17,2)3)14-10-7-6-8-11-14;5*1-2;/h4,6-8,10-11,15H,1,5,9,13H2,2-3H3;;;;;;/t15-;;;;;;/m0....../s1. The van der Waals surface area contributed by atoms with E-state index in [-0.39, 0.29) is 11.8 Å². The Balaban J connectivity index is -0.000000273. The first kappa shape index (κ1) is 34.5. The van der Waals surface area contributed by atoms with Gasteiger partial charge in [-0.1, -0.05) is 0 Å². The summed E-state index contributed by atoms with van der Waals surface area (Å²) in [5.74, 6) is 0. The molecule has 7 nitrogen and oxygen atoms in total. The maximum atomic E-state index is 7.50. The quantitative estimate of drug-likeness (QED) is 0.402. The van der Waals surface area contributed by atoms with E-state index in [0.29, 0.717) is 0 Å². The van der Waals surface area contributed by atoms with Crippen molar-refractivity contribution in [2.24, 2.45) is 0 Å². The van der Waals surface area contributed by atoms with Gasteiger partial charge in [-0.25, -0.2) is 0 Å². The van der Waals surface area contributed by atoms with Crippen LogP contribution >= 0.6 is 0 Å². The molecule has 0 bridgehead atoms. The van der Waals surface area contributed by atoms with Crippen LogP contribution < -0.4 is 0 Å². The van der Waals surface area contributed by atoms with Gasteiger partial charge in [0.15, 0.2) is 0 Å². The average molecular weight is 435 g/mol. The van der Waals surface area contributed by atoms with Gasteiger partial charge in [-0.05, 0) is 0 Å². The zero-order chi connectivity index (χ0) is 23.9. The van der Waals surface area contributed by atoms with E-state index in [2.05, 4.69) is 105 Å². The summed E-state index contributed by atoms with van der Waals surface area (Å²) in [6.45, 7) is 31.3. The molecule has 1 saturated heterocycles. The molecule has 1 aromatic rings. The van der Waals surface area contributed by atoms with Gasteiger partial charge in [0, 0.05) is 0 Å². The van der Waals surface area contributed by atoms with E-state index in [0.717, 1.165) is 19.4 Å². The van der Waals surface area contributed by atoms with Crippen LogP contribution in [0, 0.1) is 33.3 Å². The number of ether oxygens (including phenoxy) is 1. The van der Waals surface area contributed by atoms with Crippen molar-refractivity contribution in [1.29, 1.82) is 0 Å². The van der Waals surface area contributed by atoms with Gasteiger partial charge in [-0.3, -0.25) is 0 Å². The predicted molar refractivity (Wildman–Crippen MR) is 95.1 cm³/mol. The number of rotatable bonds is 5. The van der Waals surface area contributed by atoms with Gasteiger partial charge in [0.25, 0.3) is 0 Å². The zero-order valence-electron chi connectivity index (χ0n) is 16.2. The van der Waals surface area contributed by atoms with Crippen molar-refractivity contribution in [3.63, 3.8) is 0 Å². The topological polar surface area (TPSA) is 112 Å². The number of nitrogens with zero attached hydrogens (tertiary/aromatic N) is 1. The van der Waals surface area contributed by atoms with Gasteiger partial charge in [0.2, 0.25) is 0 Å². The van der Waals surface area contributed by atoms with Gasteiger partial charge < -0.3 is 0 Å². The molecule has 29 heavy (non-hydrogen) atoms. The average Bonchev–Trinajstić information content (AvgIpc) is 3.14. The SMILES string of the molecule is C=CCC[C](=[Cr])N1[C@H](c2ccccc2)COC1(C)C.[C-]#[O+].[C-]#[O+].[C-]#[O+].[C-]#[O+].[C-]#[O+]. The van der Waals surface area contributed by atoms with Crippen molar-refractivity contribution >= 4 is 4.50 Å². The van der Waals surface area contributed by atoms with Gasteiger partial charge in [-0.15, -0.1) is 0 Å². The van der Waals surface area contributed by atoms with Crippen LogP contribution in [0.15, 0.2) is 43.0 Å². The molecule has 0 N–H and O–H groups in total. The Morgan fingerprint density at radius 3 is 1.93 bits per heavy atom. The Hall–Kier alpha value is -2.02. The fraction of sp³-hybridized carbons (Fsp3) is 0.333. The van der Waals surface area contributed by atoms with Crippen molar-refractivity contribution in [3.05, 3.63) is 81.8 Å². The third kappa shape index (κ3) is 12.9. The first-order chi connectivity index (χ1) is 14.1. The van der Waals surface area contributed by atoms with Crippen LogP contribution in [0.5, 0.6) is 0 Å². The van der Waals surface area contributed by atoms with E-state index in [4.69, 9.17) is 28.0 Å². The molecule has 0 spiro atoms. The van der Waals surface area contributed by atoms with E-state index in [1.807, 2.05) is 6.08 Å². The molecule has 152 valence electrons. The number of benzene rings is 1. The molecule has 0 amide bonds. The van der Waals surface area contributed by atoms with Crippen LogP contribution in [0.4, 0.5) is 0 Å². The van der Waals surface area contributed by atoms with Crippen LogP contribution in [0.3, 0.4) is 0 Å². The molecule has 8 heteroatoms. The fourth-order valence-corrected chi connectivity index (χ4v) is 3.27. The molecule has 1 aromatic carbocycles. The van der Waals surface area contributed by atoms with E-state index in [1.165, 1.54) is 10.1 Å². The minimum absolute atomic E-state index is 0.262. The van der Waals surface area contributed by atoms with Crippen LogP contribution in [-0.4, -0.2) is 21.7 Å². The molecule has 1 fully saturated rings. The molecule has 0 aromatic heterocycles. The summed E-state index contributed by atoms with van der Waals surface area (Å²) in [5.41, 5.74) is 1.04. The second-order valence-corrected chi connectivity index (χ2v) is 6.01. The Bertz CT molecular complexity index is 626. The van der Waals surface area contributed by atoms with Gasteiger partial charge in [-0.2, -0.15) is 0 Å². The van der Waals surface area contributed by atoms with E-state index in [9.17, 15) is 0 Å². The van der Waals surface area contributed by atoms with Crippen LogP contribution in [0.1, 0.15) is 38.3 Å². The molecule has 2 rings (SSSR count). The van der Waals surface area contributed by atoms with Crippen molar-refractivity contribution < 1.29 is 43.8 Å². The Morgan fingerprint density at radius 2 is 1.52 bits per heavy atom. The maximum absolute atomic E-state index is 7.50. The number of allylic oxidation sites excluding steroid dienone is 1. The first-order valence-electron chi connectivity index (χ1n) is 7.70. The number of hydrogen-bond acceptors (Lipinski definition) is 2. The first-order valence-corrected chi connectivity index (χ1v) is 8.34. The third-order valence-corrected chi connectivity index (χ3v) is 4.13. The predicted octanol–water partition coefficient (Wildman–Crippen LogP) is 3.25. The van der Waals surface area contributed by atoms with Crippen molar-refractivity contribution in [2.45, 2.75) is 38.5 Å². The summed E-state index contributed by atoms with van der Waals surface area (Å²) in [5, 5.41) is 0. The Labute approximate surface area is 180 Å². The zero-order valence-corrected chi connectivity index (χ0v) is 17.4. The van der Waals surface area contributed by atoms with Crippen LogP contribution in [-0.2, 0) is 43.8 Å². The van der Waals surface area contributed by atoms with Crippen molar-refractivity contribution in [1.82, 2.24) is 4.90 Å². The van der Waals surface area contributed by atoms with Crippen molar-refractivity contribution in [3.8, 4) is 0 Å². The normalized spacial score (nSPS) is 15.0. The third-order valence-electron chi connectivity index (χ3n) is 3.50. The molecule has 0 unspecified atom stereocenters. The molecule has 0 saturated carbocycles. The Kier molecular flexibility index (Phi) is 28.6. The summed E-state index contributed by atoms with van der Waals surface area (Å²) in [6.07, 6.45) is 3.93. The van der Waals surface area contributed by atoms with E-state index < -0.39 is 0 Å². The molecular weight excluding hydrogens is 414 g/mol. The van der Waals surface area contributed by atoms with E-state index >= 15 is 0 Å². The van der Waals surface area contributed by atoms with E-state index in [1.54, 1.807) is 0 Å². The summed E-state index contributed by atoms with van der Waals surface area (Å²) in [4.78, 5) is 2.37. The molecular formula is C21H21CrNO6. The van der Waals surface area contributed by atoms with Crippen LogP contribution in [0.2, 0.25) is 0 Å². The molecule has 0 radical (unpaired) electrons. The van der Waals surface area contributed by atoms with Gasteiger partial charge in [0.05, 0.1) is 0 Å². The second kappa shape index (κ2) is 24.0. The summed E-state index contributed by atoms with van der Waals surface area (Å²) in [6, 6.07) is 10.8. The van der Waals surface area contributed by atoms with Crippen LogP contribution in [0.25, 0.3) is 0 Å². The monoisotopic (exact) mass is 435 g/mol. The number of hydrogen-bond donors (Lipinski definition) is 0. The van der Waals surface area contributed by atoms with Crippen molar-refractivity contribution in [2.75, 3.05) is 6.61 Å². The molecule has 1 aliphatic heterocycles. The molecule has 1 aliphatic rings. The summed E-state index contributed by atoms with van der Waals surface area (Å²) < 4.78 is 44.7. The minimum atomic E-state index is -0.262. The Morgan fingerprint density at radius 1 is 1.07 bits per heavy atom.